The standard InChI is InChI=1S/C9H12ClN3/c1-7-3-2-6-13(7)9-5-4-8(10)11-12-9/h4-5,7H,2-3,6H2,1H3. The summed E-state index contributed by atoms with van der Waals surface area (Å²) in [5.41, 5.74) is 0. The van der Waals surface area contributed by atoms with E-state index in [9.17, 15) is 0 Å². The van der Waals surface area contributed by atoms with Crippen LogP contribution in [-0.4, -0.2) is 22.8 Å². The van der Waals surface area contributed by atoms with Gasteiger partial charge in [-0.2, -0.15) is 0 Å². The van der Waals surface area contributed by atoms with Gasteiger partial charge in [-0.05, 0) is 31.9 Å². The molecule has 1 fully saturated rings. The topological polar surface area (TPSA) is 29.0 Å². The summed E-state index contributed by atoms with van der Waals surface area (Å²) >= 11 is 5.66. The Morgan fingerprint density at radius 3 is 2.85 bits per heavy atom. The summed E-state index contributed by atoms with van der Waals surface area (Å²) in [7, 11) is 0. The van der Waals surface area contributed by atoms with Crippen LogP contribution in [0.3, 0.4) is 0 Å². The molecule has 4 heteroatoms. The van der Waals surface area contributed by atoms with Gasteiger partial charge in [0.15, 0.2) is 11.0 Å². The van der Waals surface area contributed by atoms with E-state index in [4.69, 9.17) is 11.6 Å². The minimum absolute atomic E-state index is 0.454. The molecule has 70 valence electrons. The molecule has 0 N–H and O–H groups in total. The third kappa shape index (κ3) is 1.75. The Kier molecular flexibility index (Phi) is 2.36. The molecule has 0 saturated carbocycles. The highest BCUT2D eigenvalue weighted by atomic mass is 35.5. The Bertz CT molecular complexity index is 285. The quantitative estimate of drug-likeness (QED) is 0.691. The van der Waals surface area contributed by atoms with Gasteiger partial charge < -0.3 is 4.90 Å². The van der Waals surface area contributed by atoms with Gasteiger partial charge in [-0.3, -0.25) is 0 Å². The minimum atomic E-state index is 0.454. The zero-order valence-electron chi connectivity index (χ0n) is 7.57. The Hall–Kier alpha value is -0.830. The molecular formula is C9H12ClN3. The summed E-state index contributed by atoms with van der Waals surface area (Å²) in [4.78, 5) is 2.27. The van der Waals surface area contributed by atoms with Gasteiger partial charge in [0.05, 0.1) is 0 Å². The van der Waals surface area contributed by atoms with E-state index in [1.807, 2.05) is 6.07 Å². The second-order valence-corrected chi connectivity index (χ2v) is 3.79. The summed E-state index contributed by atoms with van der Waals surface area (Å²) < 4.78 is 0. The van der Waals surface area contributed by atoms with Gasteiger partial charge in [-0.15, -0.1) is 10.2 Å². The average molecular weight is 198 g/mol. The fraction of sp³-hybridized carbons (Fsp3) is 0.556. The van der Waals surface area contributed by atoms with Crippen LogP contribution in [0, 0.1) is 0 Å². The predicted molar refractivity (Wildman–Crippen MR) is 53.1 cm³/mol. The van der Waals surface area contributed by atoms with Crippen molar-refractivity contribution < 1.29 is 0 Å². The Morgan fingerprint density at radius 2 is 2.31 bits per heavy atom. The second-order valence-electron chi connectivity index (χ2n) is 3.40. The maximum Gasteiger partial charge on any atom is 0.151 e. The van der Waals surface area contributed by atoms with Crippen LogP contribution in [0.1, 0.15) is 19.8 Å². The fourth-order valence-electron chi connectivity index (χ4n) is 1.74. The molecule has 13 heavy (non-hydrogen) atoms. The van der Waals surface area contributed by atoms with E-state index in [-0.39, 0.29) is 0 Å². The summed E-state index contributed by atoms with van der Waals surface area (Å²) in [6, 6.07) is 4.29. The summed E-state index contributed by atoms with van der Waals surface area (Å²) in [5.74, 6) is 0.939. The number of anilines is 1. The maximum atomic E-state index is 5.66. The van der Waals surface area contributed by atoms with Crippen molar-refractivity contribution in [2.45, 2.75) is 25.8 Å². The first-order valence-electron chi connectivity index (χ1n) is 4.53. The summed E-state index contributed by atoms with van der Waals surface area (Å²) in [5, 5.41) is 8.34. The van der Waals surface area contributed by atoms with E-state index in [2.05, 4.69) is 22.0 Å². The smallest absolute Gasteiger partial charge is 0.151 e. The average Bonchev–Trinajstić information content (AvgIpc) is 2.53. The van der Waals surface area contributed by atoms with Crippen LogP contribution < -0.4 is 4.90 Å². The van der Waals surface area contributed by atoms with Crippen LogP contribution in [0.15, 0.2) is 12.1 Å². The highest BCUT2D eigenvalue weighted by Gasteiger charge is 2.21. The van der Waals surface area contributed by atoms with Crippen molar-refractivity contribution in [1.82, 2.24) is 10.2 Å². The Labute approximate surface area is 82.7 Å². The molecule has 1 atom stereocenters. The monoisotopic (exact) mass is 197 g/mol. The minimum Gasteiger partial charge on any atom is -0.352 e. The van der Waals surface area contributed by atoms with E-state index < -0.39 is 0 Å². The molecule has 0 radical (unpaired) electrons. The largest absolute Gasteiger partial charge is 0.352 e. The van der Waals surface area contributed by atoms with Crippen LogP contribution in [0.4, 0.5) is 5.82 Å². The molecule has 1 aromatic heterocycles. The number of halogens is 1. The van der Waals surface area contributed by atoms with E-state index >= 15 is 0 Å². The van der Waals surface area contributed by atoms with E-state index in [0.29, 0.717) is 11.2 Å². The number of rotatable bonds is 1. The van der Waals surface area contributed by atoms with Crippen LogP contribution in [0.5, 0.6) is 0 Å². The van der Waals surface area contributed by atoms with E-state index in [0.717, 1.165) is 12.4 Å². The Balaban J connectivity index is 2.20. The van der Waals surface area contributed by atoms with Gasteiger partial charge in [0.2, 0.25) is 0 Å². The van der Waals surface area contributed by atoms with Gasteiger partial charge in [-0.25, -0.2) is 0 Å². The van der Waals surface area contributed by atoms with Crippen LogP contribution >= 0.6 is 11.6 Å². The maximum absolute atomic E-state index is 5.66. The molecule has 1 unspecified atom stereocenters. The molecule has 2 rings (SSSR count). The van der Waals surface area contributed by atoms with Crippen LogP contribution in [0.2, 0.25) is 5.15 Å². The van der Waals surface area contributed by atoms with Crippen molar-refractivity contribution in [2.75, 3.05) is 11.4 Å². The third-order valence-electron chi connectivity index (χ3n) is 2.47. The van der Waals surface area contributed by atoms with E-state index in [1.165, 1.54) is 12.8 Å². The van der Waals surface area contributed by atoms with Gasteiger partial charge in [0, 0.05) is 12.6 Å². The molecule has 0 aromatic carbocycles. The molecule has 1 saturated heterocycles. The lowest BCUT2D eigenvalue weighted by Crippen LogP contribution is -2.27. The van der Waals surface area contributed by atoms with E-state index in [1.54, 1.807) is 6.07 Å². The number of hydrogen-bond donors (Lipinski definition) is 0. The lowest BCUT2D eigenvalue weighted by atomic mass is 10.2. The molecule has 0 bridgehead atoms. The van der Waals surface area contributed by atoms with Crippen molar-refractivity contribution in [1.29, 1.82) is 0 Å². The second kappa shape index (κ2) is 3.50. The highest BCUT2D eigenvalue weighted by molar-refractivity contribution is 6.29. The first kappa shape index (κ1) is 8.75. The van der Waals surface area contributed by atoms with Gasteiger partial charge in [0.25, 0.3) is 0 Å². The van der Waals surface area contributed by atoms with Gasteiger partial charge in [-0.1, -0.05) is 11.6 Å². The van der Waals surface area contributed by atoms with Gasteiger partial charge >= 0.3 is 0 Å². The van der Waals surface area contributed by atoms with Crippen molar-refractivity contribution >= 4 is 17.4 Å². The first-order valence-corrected chi connectivity index (χ1v) is 4.91. The lowest BCUT2D eigenvalue weighted by Gasteiger charge is -2.21. The van der Waals surface area contributed by atoms with Gasteiger partial charge in [0.1, 0.15) is 0 Å². The normalized spacial score (nSPS) is 22.3. The molecule has 3 nitrogen and oxygen atoms in total. The molecule has 0 aliphatic carbocycles. The van der Waals surface area contributed by atoms with Crippen molar-refractivity contribution in [3.8, 4) is 0 Å². The first-order chi connectivity index (χ1) is 6.27. The van der Waals surface area contributed by atoms with Crippen molar-refractivity contribution in [3.05, 3.63) is 17.3 Å². The molecule has 1 aliphatic heterocycles. The summed E-state index contributed by atoms with van der Waals surface area (Å²) in [6.07, 6.45) is 2.48. The SMILES string of the molecule is CC1CCCN1c1ccc(Cl)nn1. The summed E-state index contributed by atoms with van der Waals surface area (Å²) in [6.45, 7) is 3.29. The van der Waals surface area contributed by atoms with Crippen molar-refractivity contribution in [2.24, 2.45) is 0 Å². The number of hydrogen-bond acceptors (Lipinski definition) is 3. The zero-order valence-corrected chi connectivity index (χ0v) is 8.33. The van der Waals surface area contributed by atoms with Crippen LogP contribution in [0.25, 0.3) is 0 Å². The number of aromatic nitrogens is 2. The molecule has 0 spiro atoms. The predicted octanol–water partition coefficient (Wildman–Crippen LogP) is 2.12. The fourth-order valence-corrected chi connectivity index (χ4v) is 1.84. The van der Waals surface area contributed by atoms with Crippen LogP contribution in [-0.2, 0) is 0 Å². The highest BCUT2D eigenvalue weighted by Crippen LogP contribution is 2.22. The zero-order chi connectivity index (χ0) is 9.26. The lowest BCUT2D eigenvalue weighted by molar-refractivity contribution is 0.721. The molecule has 1 aliphatic rings. The third-order valence-corrected chi connectivity index (χ3v) is 2.67. The Morgan fingerprint density at radius 1 is 1.46 bits per heavy atom. The molecular weight excluding hydrogens is 186 g/mol. The van der Waals surface area contributed by atoms with Crippen molar-refractivity contribution in [3.63, 3.8) is 0 Å². The molecule has 0 amide bonds. The molecule has 1 aromatic rings. The number of nitrogens with zero attached hydrogens (tertiary/aromatic N) is 3. The molecule has 2 heterocycles.